The maximum atomic E-state index is 5.37. The molecule has 0 bridgehead atoms. The average molecular weight is 160 g/mol. The molecule has 0 aromatic rings. The van der Waals surface area contributed by atoms with Gasteiger partial charge < -0.3 is 11.1 Å². The van der Waals surface area contributed by atoms with Crippen LogP contribution >= 0.6 is 11.8 Å². The summed E-state index contributed by atoms with van der Waals surface area (Å²) in [6.45, 7) is 1.91. The highest BCUT2D eigenvalue weighted by Gasteiger charge is 2.13. The molecule has 3 heteroatoms. The van der Waals surface area contributed by atoms with Gasteiger partial charge in [0.15, 0.2) is 0 Å². The number of hydrogen-bond acceptors (Lipinski definition) is 3. The number of thioether (sulfide) groups is 1. The second-order valence-corrected chi connectivity index (χ2v) is 3.81. The van der Waals surface area contributed by atoms with Crippen LogP contribution in [-0.2, 0) is 0 Å². The summed E-state index contributed by atoms with van der Waals surface area (Å²) in [7, 11) is 0. The molecule has 1 unspecified atom stereocenters. The molecule has 1 aliphatic heterocycles. The van der Waals surface area contributed by atoms with Crippen molar-refractivity contribution in [2.75, 3.05) is 24.6 Å². The van der Waals surface area contributed by atoms with Gasteiger partial charge in [-0.1, -0.05) is 0 Å². The van der Waals surface area contributed by atoms with Gasteiger partial charge in [-0.25, -0.2) is 0 Å². The van der Waals surface area contributed by atoms with Crippen LogP contribution in [0.2, 0.25) is 0 Å². The zero-order valence-corrected chi connectivity index (χ0v) is 7.12. The van der Waals surface area contributed by atoms with E-state index >= 15 is 0 Å². The van der Waals surface area contributed by atoms with Gasteiger partial charge in [-0.05, 0) is 31.7 Å². The number of hydrogen-bond donors (Lipinski definition) is 2. The van der Waals surface area contributed by atoms with E-state index in [2.05, 4.69) is 5.32 Å². The lowest BCUT2D eigenvalue weighted by atomic mass is 10.2. The third-order valence-electron chi connectivity index (χ3n) is 1.74. The Bertz CT molecular complexity index is 81.7. The minimum absolute atomic E-state index is 0.775. The Morgan fingerprint density at radius 2 is 2.50 bits per heavy atom. The van der Waals surface area contributed by atoms with Crippen LogP contribution in [0.4, 0.5) is 0 Å². The van der Waals surface area contributed by atoms with E-state index < -0.39 is 0 Å². The monoisotopic (exact) mass is 160 g/mol. The molecule has 3 N–H and O–H groups in total. The highest BCUT2D eigenvalue weighted by Crippen LogP contribution is 2.16. The third-order valence-corrected chi connectivity index (χ3v) is 2.91. The summed E-state index contributed by atoms with van der Waals surface area (Å²) in [5.41, 5.74) is 5.37. The Hall–Kier alpha value is 0.270. The fourth-order valence-corrected chi connectivity index (χ4v) is 2.29. The molecular formula is C7H16N2S. The molecule has 1 fully saturated rings. The van der Waals surface area contributed by atoms with Crippen molar-refractivity contribution in [2.24, 2.45) is 5.73 Å². The molecular weight excluding hydrogens is 144 g/mol. The zero-order chi connectivity index (χ0) is 7.23. The van der Waals surface area contributed by atoms with Crippen LogP contribution in [0.3, 0.4) is 0 Å². The summed E-state index contributed by atoms with van der Waals surface area (Å²) in [6.07, 6.45) is 2.45. The molecule has 2 nitrogen and oxygen atoms in total. The van der Waals surface area contributed by atoms with Crippen molar-refractivity contribution in [3.8, 4) is 0 Å². The molecule has 0 aromatic heterocycles. The van der Waals surface area contributed by atoms with E-state index in [1.54, 1.807) is 0 Å². The normalized spacial score (nSPS) is 25.5. The van der Waals surface area contributed by atoms with Crippen LogP contribution in [0.25, 0.3) is 0 Å². The van der Waals surface area contributed by atoms with E-state index in [1.165, 1.54) is 17.9 Å². The number of nitrogens with two attached hydrogens (primary N) is 1. The van der Waals surface area contributed by atoms with Crippen molar-refractivity contribution in [2.45, 2.75) is 18.9 Å². The highest BCUT2D eigenvalue weighted by atomic mass is 32.2. The predicted octanol–water partition coefficient (Wildman–Crippen LogP) is 0.430. The van der Waals surface area contributed by atoms with E-state index in [0.29, 0.717) is 0 Å². The Morgan fingerprint density at radius 1 is 1.60 bits per heavy atom. The second kappa shape index (κ2) is 4.99. The molecule has 0 amide bonds. The number of nitrogens with one attached hydrogen (secondary N) is 1. The summed E-state index contributed by atoms with van der Waals surface area (Å²) >= 11 is 2.05. The Balaban J connectivity index is 1.91. The maximum absolute atomic E-state index is 5.37. The smallest absolute Gasteiger partial charge is 0.0166 e. The maximum Gasteiger partial charge on any atom is 0.0166 e. The fourth-order valence-electron chi connectivity index (χ4n) is 1.10. The van der Waals surface area contributed by atoms with Crippen LogP contribution < -0.4 is 11.1 Å². The SMILES string of the molecule is NCCCNC1CCSC1. The molecule has 1 saturated heterocycles. The first-order chi connectivity index (χ1) is 4.93. The van der Waals surface area contributed by atoms with Gasteiger partial charge in [-0.3, -0.25) is 0 Å². The van der Waals surface area contributed by atoms with Crippen molar-refractivity contribution < 1.29 is 0 Å². The fraction of sp³-hybridized carbons (Fsp3) is 1.00. The highest BCUT2D eigenvalue weighted by molar-refractivity contribution is 7.99. The van der Waals surface area contributed by atoms with Crippen molar-refractivity contribution in [3.63, 3.8) is 0 Å². The molecule has 0 aromatic carbocycles. The molecule has 0 saturated carbocycles. The molecule has 0 aliphatic carbocycles. The zero-order valence-electron chi connectivity index (χ0n) is 6.31. The average Bonchev–Trinajstić information content (AvgIpc) is 2.41. The van der Waals surface area contributed by atoms with E-state index in [1.807, 2.05) is 11.8 Å². The Labute approximate surface area is 66.9 Å². The number of rotatable bonds is 4. The van der Waals surface area contributed by atoms with Gasteiger partial charge >= 0.3 is 0 Å². The van der Waals surface area contributed by atoms with Gasteiger partial charge in [-0.2, -0.15) is 11.8 Å². The van der Waals surface area contributed by atoms with Crippen molar-refractivity contribution in [3.05, 3.63) is 0 Å². The van der Waals surface area contributed by atoms with E-state index in [4.69, 9.17) is 5.73 Å². The molecule has 1 rings (SSSR count). The van der Waals surface area contributed by atoms with E-state index in [-0.39, 0.29) is 0 Å². The van der Waals surface area contributed by atoms with Crippen LogP contribution in [0.15, 0.2) is 0 Å². The minimum Gasteiger partial charge on any atom is -0.330 e. The van der Waals surface area contributed by atoms with Crippen LogP contribution in [0, 0.1) is 0 Å². The van der Waals surface area contributed by atoms with E-state index in [9.17, 15) is 0 Å². The molecule has 10 heavy (non-hydrogen) atoms. The lowest BCUT2D eigenvalue weighted by Crippen LogP contribution is -2.30. The lowest BCUT2D eigenvalue weighted by molar-refractivity contribution is 0.548. The molecule has 0 spiro atoms. The Kier molecular flexibility index (Phi) is 4.18. The standard InChI is InChI=1S/C7H16N2S/c8-3-1-4-9-7-2-5-10-6-7/h7,9H,1-6,8H2. The van der Waals surface area contributed by atoms with Crippen molar-refractivity contribution >= 4 is 11.8 Å². The summed E-state index contributed by atoms with van der Waals surface area (Å²) in [5.74, 6) is 2.63. The van der Waals surface area contributed by atoms with Crippen molar-refractivity contribution in [1.29, 1.82) is 0 Å². The van der Waals surface area contributed by atoms with Crippen LogP contribution in [0.1, 0.15) is 12.8 Å². The summed E-state index contributed by atoms with van der Waals surface area (Å²) in [5, 5.41) is 3.48. The van der Waals surface area contributed by atoms with Gasteiger partial charge in [0, 0.05) is 11.8 Å². The van der Waals surface area contributed by atoms with Crippen molar-refractivity contribution in [1.82, 2.24) is 5.32 Å². The van der Waals surface area contributed by atoms with Gasteiger partial charge in [0.05, 0.1) is 0 Å². The summed E-state index contributed by atoms with van der Waals surface area (Å²) < 4.78 is 0. The molecule has 1 heterocycles. The van der Waals surface area contributed by atoms with Gasteiger partial charge in [-0.15, -0.1) is 0 Å². The predicted molar refractivity (Wildman–Crippen MR) is 47.4 cm³/mol. The molecule has 1 atom stereocenters. The molecule has 60 valence electrons. The molecule has 1 aliphatic rings. The summed E-state index contributed by atoms with van der Waals surface area (Å²) in [4.78, 5) is 0. The second-order valence-electron chi connectivity index (χ2n) is 2.66. The van der Waals surface area contributed by atoms with Crippen LogP contribution in [0.5, 0.6) is 0 Å². The quantitative estimate of drug-likeness (QED) is 0.586. The largest absolute Gasteiger partial charge is 0.330 e. The van der Waals surface area contributed by atoms with E-state index in [0.717, 1.165) is 25.6 Å². The first-order valence-electron chi connectivity index (χ1n) is 3.94. The first-order valence-corrected chi connectivity index (χ1v) is 5.10. The Morgan fingerprint density at radius 3 is 3.10 bits per heavy atom. The minimum atomic E-state index is 0.775. The third kappa shape index (κ3) is 2.90. The van der Waals surface area contributed by atoms with Crippen LogP contribution in [-0.4, -0.2) is 30.6 Å². The summed E-state index contributed by atoms with van der Waals surface area (Å²) in [6, 6.07) is 0.775. The van der Waals surface area contributed by atoms with Gasteiger partial charge in [0.2, 0.25) is 0 Å². The van der Waals surface area contributed by atoms with Gasteiger partial charge in [0.25, 0.3) is 0 Å². The lowest BCUT2D eigenvalue weighted by Gasteiger charge is -2.09. The molecule has 0 radical (unpaired) electrons. The van der Waals surface area contributed by atoms with Gasteiger partial charge in [0.1, 0.15) is 0 Å². The topological polar surface area (TPSA) is 38.0 Å². The first kappa shape index (κ1) is 8.37.